The van der Waals surface area contributed by atoms with Gasteiger partial charge in [-0.2, -0.15) is 0 Å². The van der Waals surface area contributed by atoms with E-state index in [9.17, 15) is 39.9 Å². The smallest absolute Gasteiger partial charge is 0.312 e. The minimum absolute atomic E-state index is 0.0402. The highest BCUT2D eigenvalue weighted by Crippen LogP contribution is 2.55. The maximum absolute atomic E-state index is 14.4. The summed E-state index contributed by atoms with van der Waals surface area (Å²) >= 11 is 0. The van der Waals surface area contributed by atoms with Crippen LogP contribution in [0.2, 0.25) is 0 Å². The number of carbonyl (C=O) groups is 3. The number of phenolic OH excluding ortho intramolecular Hbond substituents is 3. The number of nitrogens with one attached hydrogen (secondary N) is 1. The molecule has 9 atom stereocenters. The van der Waals surface area contributed by atoms with Crippen molar-refractivity contribution >= 4 is 40.3 Å². The minimum atomic E-state index is -2.05. The molecule has 0 saturated carbocycles. The molecule has 3 heterocycles. The molecule has 0 radical (unpaired) electrons. The lowest BCUT2D eigenvalue weighted by molar-refractivity contribution is -0.160. The number of aliphatic hydroxyl groups is 2. The predicted octanol–water partition coefficient (Wildman–Crippen LogP) is 6.68. The molecule has 0 aliphatic carbocycles. The van der Waals surface area contributed by atoms with Crippen LogP contribution in [0.3, 0.4) is 0 Å². The van der Waals surface area contributed by atoms with Crippen LogP contribution in [-0.2, 0) is 28.6 Å². The molecule has 0 spiro atoms. The van der Waals surface area contributed by atoms with Gasteiger partial charge in [0.1, 0.15) is 30.0 Å². The number of allylic oxidation sites excluding steroid dienone is 2. The summed E-state index contributed by atoms with van der Waals surface area (Å²) in [4.78, 5) is 45.8. The van der Waals surface area contributed by atoms with Gasteiger partial charge < -0.3 is 54.6 Å². The first-order chi connectivity index (χ1) is 27.8. The summed E-state index contributed by atoms with van der Waals surface area (Å²) in [5, 5.41) is 64.1. The van der Waals surface area contributed by atoms with E-state index >= 15 is 0 Å². The number of anilines is 1. The fourth-order valence-electron chi connectivity index (χ4n) is 7.61. The Balaban J connectivity index is 1.93. The molecule has 0 fully saturated rings. The van der Waals surface area contributed by atoms with Gasteiger partial charge in [-0.25, -0.2) is 0 Å². The monoisotopic (exact) mass is 824 g/mol. The van der Waals surface area contributed by atoms with Crippen molar-refractivity contribution < 1.29 is 63.7 Å². The maximum Gasteiger partial charge on any atom is 0.312 e. The summed E-state index contributed by atoms with van der Waals surface area (Å²) in [6.45, 7) is 14.8. The number of hydrogen-bond donors (Lipinski definition) is 6. The van der Waals surface area contributed by atoms with E-state index in [1.807, 2.05) is 0 Å². The largest absolute Gasteiger partial charge is 0.507 e. The van der Waals surface area contributed by atoms with Crippen LogP contribution >= 0.6 is 0 Å². The number of rotatable bonds is 9. The average Bonchev–Trinajstić information content (AvgIpc) is 3.46. The standard InChI is InChI=1S/C44H60N2O13/c1-11-12-13-14-19-57-45-21-29-34-39(52)32-31(38(29)51)33-41(27(7)37(32)50)59-44(9,42(33)53)56-20-18-30(55-10)24(4)40(58-28(8)47)26(6)36(49)25(5)35(48)22(2)16-15-17-23(3)43(54)46-34/h15-18,20-22,24-26,30,35-36,40,48-52H,11-14,19H2,1-10H3,(H,46,54)/b16-15+,20-18+,23-17?,45-21+. The number of methoxy groups -OCH3 is 1. The second-order valence-electron chi connectivity index (χ2n) is 15.7. The number of Topliss-reactive ketones (excluding diaryl/α,β-unsaturated/α-hetero) is 1. The number of nitrogens with zero attached hydrogens (tertiary/aromatic N) is 1. The highest BCUT2D eigenvalue weighted by molar-refractivity contribution is 6.23. The van der Waals surface area contributed by atoms with Gasteiger partial charge in [0.2, 0.25) is 0 Å². The van der Waals surface area contributed by atoms with Crippen LogP contribution in [0.15, 0.2) is 41.3 Å². The molecule has 324 valence electrons. The lowest BCUT2D eigenvalue weighted by Gasteiger charge is -2.38. The van der Waals surface area contributed by atoms with Crippen molar-refractivity contribution in [2.24, 2.45) is 28.8 Å². The van der Waals surface area contributed by atoms with Crippen LogP contribution in [0.5, 0.6) is 23.0 Å². The van der Waals surface area contributed by atoms with E-state index in [1.54, 1.807) is 39.8 Å². The van der Waals surface area contributed by atoms with Gasteiger partial charge in [0.15, 0.2) is 5.75 Å². The first-order valence-electron chi connectivity index (χ1n) is 20.1. The van der Waals surface area contributed by atoms with Gasteiger partial charge in [-0.15, -0.1) is 0 Å². The second-order valence-corrected chi connectivity index (χ2v) is 15.7. The van der Waals surface area contributed by atoms with Crippen LogP contribution in [0, 0.1) is 30.6 Å². The Morgan fingerprint density at radius 3 is 2.29 bits per heavy atom. The number of benzene rings is 2. The molecule has 15 heteroatoms. The zero-order valence-corrected chi connectivity index (χ0v) is 35.6. The number of esters is 1. The number of amides is 1. The Kier molecular flexibility index (Phi) is 15.6. The highest BCUT2D eigenvalue weighted by atomic mass is 16.7. The molecule has 2 aromatic carbocycles. The van der Waals surface area contributed by atoms with Crippen LogP contribution in [0.1, 0.15) is 103 Å². The van der Waals surface area contributed by atoms with Gasteiger partial charge in [-0.1, -0.05) is 70.8 Å². The van der Waals surface area contributed by atoms with Crippen LogP contribution in [-0.4, -0.2) is 93.3 Å². The summed E-state index contributed by atoms with van der Waals surface area (Å²) in [5.41, 5.74) is -0.556. The quantitative estimate of drug-likeness (QED) is 0.0388. The highest BCUT2D eigenvalue weighted by Gasteiger charge is 2.50. The lowest BCUT2D eigenvalue weighted by Crippen LogP contribution is -2.46. The van der Waals surface area contributed by atoms with Crippen molar-refractivity contribution in [3.05, 3.63) is 52.8 Å². The predicted molar refractivity (Wildman–Crippen MR) is 222 cm³/mol. The van der Waals surface area contributed by atoms with Crippen molar-refractivity contribution in [1.29, 1.82) is 0 Å². The van der Waals surface area contributed by atoms with Gasteiger partial charge in [0, 0.05) is 61.2 Å². The number of phenols is 3. The number of hydrogen-bond acceptors (Lipinski definition) is 14. The van der Waals surface area contributed by atoms with Gasteiger partial charge in [-0.05, 0) is 32.8 Å². The Bertz CT molecular complexity index is 2010. The van der Waals surface area contributed by atoms with E-state index in [2.05, 4.69) is 17.4 Å². The first-order valence-corrected chi connectivity index (χ1v) is 20.1. The summed E-state index contributed by atoms with van der Waals surface area (Å²) in [6.07, 6.45) is 8.25. The van der Waals surface area contributed by atoms with E-state index < -0.39 is 88.8 Å². The molecule has 5 bridgehead atoms. The second kappa shape index (κ2) is 19.8. The molecule has 0 saturated heterocycles. The zero-order chi connectivity index (χ0) is 43.9. The number of ketones is 1. The third kappa shape index (κ3) is 9.85. The number of aliphatic hydroxyl groups excluding tert-OH is 2. The van der Waals surface area contributed by atoms with Crippen molar-refractivity contribution in [1.82, 2.24) is 0 Å². The molecule has 3 aliphatic rings. The summed E-state index contributed by atoms with van der Waals surface area (Å²) in [7, 11) is 1.43. The van der Waals surface area contributed by atoms with Crippen molar-refractivity contribution in [2.45, 2.75) is 118 Å². The molecular weight excluding hydrogens is 764 g/mol. The summed E-state index contributed by atoms with van der Waals surface area (Å²) in [6, 6.07) is 0. The molecule has 9 unspecified atom stereocenters. The molecule has 3 aliphatic heterocycles. The molecule has 15 nitrogen and oxygen atoms in total. The molecule has 59 heavy (non-hydrogen) atoms. The Morgan fingerprint density at radius 2 is 1.64 bits per heavy atom. The maximum atomic E-state index is 14.4. The SMILES string of the molecule is CCCCCCO/N=C/c1c2c(O)c3c(O)c(C)c4c(c3c1O)C(=O)C(C)(O/C=C/C(OC)C(C)C(OC(C)=O)C(C)C(O)C(C)C(O)C(C)/C=C/C=C(C)C(=O)N2)O4. The number of oxime groups is 1. The van der Waals surface area contributed by atoms with Crippen LogP contribution in [0.25, 0.3) is 10.8 Å². The van der Waals surface area contributed by atoms with Gasteiger partial charge >= 0.3 is 11.8 Å². The van der Waals surface area contributed by atoms with E-state index in [1.165, 1.54) is 53.2 Å². The number of unbranched alkanes of at least 4 members (excludes halogenated alkanes) is 3. The number of aromatic hydroxyl groups is 3. The van der Waals surface area contributed by atoms with Crippen LogP contribution < -0.4 is 10.1 Å². The van der Waals surface area contributed by atoms with Gasteiger partial charge in [0.05, 0.1) is 53.0 Å². The fourth-order valence-corrected chi connectivity index (χ4v) is 7.61. The minimum Gasteiger partial charge on any atom is -0.507 e. The van der Waals surface area contributed by atoms with Crippen LogP contribution in [0.4, 0.5) is 5.69 Å². The number of ether oxygens (including phenoxy) is 4. The number of carbonyl (C=O) groups excluding carboxylic acids is 3. The number of fused-ring (bicyclic) bond motifs is 14. The van der Waals surface area contributed by atoms with Gasteiger partial charge in [-0.3, -0.25) is 14.4 Å². The topological polar surface area (TPSA) is 223 Å². The Labute approximate surface area is 345 Å². The van der Waals surface area contributed by atoms with E-state index in [4.69, 9.17) is 23.8 Å². The Morgan fingerprint density at radius 1 is 0.949 bits per heavy atom. The summed E-state index contributed by atoms with van der Waals surface area (Å²) < 4.78 is 23.5. The third-order valence-corrected chi connectivity index (χ3v) is 11.4. The Hall–Kier alpha value is -5.12. The van der Waals surface area contributed by atoms with Crippen molar-refractivity contribution in [3.63, 3.8) is 0 Å². The van der Waals surface area contributed by atoms with E-state index in [0.29, 0.717) is 6.42 Å². The van der Waals surface area contributed by atoms with E-state index in [0.717, 1.165) is 25.5 Å². The lowest BCUT2D eigenvalue weighted by atomic mass is 9.78. The molecule has 0 aromatic heterocycles. The fraction of sp³-hybridized carbons (Fsp3) is 0.545. The van der Waals surface area contributed by atoms with Crippen molar-refractivity contribution in [2.75, 3.05) is 19.0 Å². The zero-order valence-electron chi connectivity index (χ0n) is 35.6. The third-order valence-electron chi connectivity index (χ3n) is 11.4. The van der Waals surface area contributed by atoms with E-state index in [-0.39, 0.29) is 51.1 Å². The molecular formula is C44H60N2O13. The average molecular weight is 825 g/mol. The van der Waals surface area contributed by atoms with Gasteiger partial charge in [0.25, 0.3) is 11.7 Å². The first kappa shape index (κ1) is 46.6. The normalized spacial score (nSPS) is 29.2. The van der Waals surface area contributed by atoms with Crippen molar-refractivity contribution in [3.8, 4) is 23.0 Å². The summed E-state index contributed by atoms with van der Waals surface area (Å²) in [5.74, 6) is -8.56. The molecule has 5 rings (SSSR count). The molecule has 6 N–H and O–H groups in total. The molecule has 1 amide bonds. The molecule has 2 aromatic rings.